The average Bonchev–Trinajstić information content (AvgIpc) is 3.38. The van der Waals surface area contributed by atoms with E-state index in [1.165, 1.54) is 22.3 Å². The highest BCUT2D eigenvalue weighted by Crippen LogP contribution is 2.59. The predicted molar refractivity (Wildman–Crippen MR) is 188 cm³/mol. The van der Waals surface area contributed by atoms with Gasteiger partial charge in [0.05, 0.1) is 40.2 Å². The van der Waals surface area contributed by atoms with Gasteiger partial charge in [0.1, 0.15) is 23.0 Å². The Morgan fingerprint density at radius 1 is 0.723 bits per heavy atom. The molecule has 238 valence electrons. The van der Waals surface area contributed by atoms with Gasteiger partial charge in [0.25, 0.3) is 0 Å². The zero-order valence-electron chi connectivity index (χ0n) is 27.6. The molecule has 1 saturated heterocycles. The lowest BCUT2D eigenvalue weighted by atomic mass is 9.76. The van der Waals surface area contributed by atoms with Gasteiger partial charge in [0.15, 0.2) is 5.60 Å². The lowest BCUT2D eigenvalue weighted by Gasteiger charge is -2.39. The summed E-state index contributed by atoms with van der Waals surface area (Å²) < 4.78 is 30.4. The molecule has 2 aliphatic heterocycles. The topological polar surface area (TPSA) is 49.4 Å². The summed E-state index contributed by atoms with van der Waals surface area (Å²) in [6.45, 7) is 7.61. The van der Waals surface area contributed by atoms with Crippen molar-refractivity contribution < 1.29 is 23.7 Å². The molecule has 0 radical (unpaired) electrons. The molecule has 5 aromatic carbocycles. The van der Waals surface area contributed by atoms with Crippen LogP contribution in [-0.2, 0) is 15.8 Å². The smallest absolute Gasteiger partial charge is 0.178 e. The number of hydrogen-bond donors (Lipinski definition) is 0. The third kappa shape index (κ3) is 4.42. The quantitative estimate of drug-likeness (QED) is 0.189. The van der Waals surface area contributed by atoms with Gasteiger partial charge in [-0.25, -0.2) is 0 Å². The third-order valence-electron chi connectivity index (χ3n) is 10.2. The second kappa shape index (κ2) is 11.1. The van der Waals surface area contributed by atoms with Crippen LogP contribution in [0.2, 0.25) is 0 Å². The Labute approximate surface area is 276 Å². The van der Waals surface area contributed by atoms with E-state index in [1.807, 2.05) is 24.3 Å². The van der Waals surface area contributed by atoms with Crippen LogP contribution in [0.1, 0.15) is 41.7 Å². The first-order chi connectivity index (χ1) is 22.9. The highest BCUT2D eigenvalue weighted by Gasteiger charge is 2.44. The van der Waals surface area contributed by atoms with E-state index in [0.717, 1.165) is 69.2 Å². The Morgan fingerprint density at radius 3 is 1.98 bits per heavy atom. The number of methoxy groups -OCH3 is 3. The number of morpholine rings is 1. The summed E-state index contributed by atoms with van der Waals surface area (Å²) in [5.74, 6) is 3.31. The van der Waals surface area contributed by atoms with Crippen LogP contribution in [-0.4, -0.2) is 47.6 Å². The minimum atomic E-state index is -0.901. The summed E-state index contributed by atoms with van der Waals surface area (Å²) in [5.41, 5.74) is 8.13. The molecule has 1 fully saturated rings. The van der Waals surface area contributed by atoms with Crippen LogP contribution < -0.4 is 23.8 Å². The van der Waals surface area contributed by atoms with Gasteiger partial charge in [0, 0.05) is 40.6 Å². The largest absolute Gasteiger partial charge is 0.497 e. The summed E-state index contributed by atoms with van der Waals surface area (Å²) in [7, 11) is 5.14. The second-order valence-electron chi connectivity index (χ2n) is 13.0. The molecule has 6 nitrogen and oxygen atoms in total. The van der Waals surface area contributed by atoms with Gasteiger partial charge in [-0.2, -0.15) is 0 Å². The van der Waals surface area contributed by atoms with Crippen LogP contribution in [0.15, 0.2) is 91.0 Å². The Hall–Kier alpha value is -4.94. The molecule has 47 heavy (non-hydrogen) atoms. The molecule has 6 heteroatoms. The maximum Gasteiger partial charge on any atom is 0.178 e. The van der Waals surface area contributed by atoms with Crippen molar-refractivity contribution in [3.63, 3.8) is 0 Å². The molecule has 3 aliphatic rings. The van der Waals surface area contributed by atoms with E-state index in [1.54, 1.807) is 21.3 Å². The molecule has 2 heterocycles. The van der Waals surface area contributed by atoms with Gasteiger partial charge in [0.2, 0.25) is 0 Å². The number of anilines is 1. The number of benzene rings is 5. The molecule has 0 atom stereocenters. The molecule has 0 aromatic heterocycles. The minimum absolute atomic E-state index is 0.242. The van der Waals surface area contributed by atoms with Gasteiger partial charge < -0.3 is 28.6 Å². The first kappa shape index (κ1) is 29.5. The fourth-order valence-electron chi connectivity index (χ4n) is 7.83. The molecule has 0 bridgehead atoms. The van der Waals surface area contributed by atoms with Crippen LogP contribution in [0.5, 0.6) is 23.0 Å². The number of fused-ring (bicyclic) bond motifs is 8. The number of rotatable bonds is 6. The molecule has 0 unspecified atom stereocenters. The molecular formula is C41H39NO5. The summed E-state index contributed by atoms with van der Waals surface area (Å²) in [6, 6.07) is 29.7. The average molecular weight is 626 g/mol. The molecule has 0 amide bonds. The van der Waals surface area contributed by atoms with Crippen molar-refractivity contribution in [3.05, 3.63) is 119 Å². The van der Waals surface area contributed by atoms with Crippen molar-refractivity contribution in [2.45, 2.75) is 24.9 Å². The van der Waals surface area contributed by atoms with Crippen molar-refractivity contribution in [2.75, 3.05) is 52.5 Å². The van der Waals surface area contributed by atoms with Crippen molar-refractivity contribution in [3.8, 4) is 34.1 Å². The fourth-order valence-corrected chi connectivity index (χ4v) is 7.83. The standard InChI is InChI=1S/C41H39NO5/c1-40(2)34-9-7-6-8-30(34)37-32-25-36(45-5)35(42-20-22-46-23-21-42)24-33(32)39-31(38(37)40)18-19-41(47-39,26-10-14-28(43-3)15-11-26)27-12-16-29(44-4)17-13-27/h6-19,24-25H,20-23H2,1-5H3. The van der Waals surface area contributed by atoms with E-state index in [2.05, 4.69) is 91.6 Å². The van der Waals surface area contributed by atoms with Gasteiger partial charge in [-0.3, -0.25) is 0 Å². The molecular weight excluding hydrogens is 586 g/mol. The summed E-state index contributed by atoms with van der Waals surface area (Å²) in [5, 5.41) is 2.18. The van der Waals surface area contributed by atoms with Crippen LogP contribution in [0.25, 0.3) is 28.0 Å². The van der Waals surface area contributed by atoms with Crippen LogP contribution in [0.4, 0.5) is 5.69 Å². The van der Waals surface area contributed by atoms with Gasteiger partial charge in [-0.1, -0.05) is 68.5 Å². The maximum atomic E-state index is 7.53. The van der Waals surface area contributed by atoms with Crippen LogP contribution >= 0.6 is 0 Å². The Balaban J connectivity index is 1.44. The SMILES string of the molecule is COc1ccc(C2(c3ccc(OC)cc3)C=Cc3c4c(c5cc(OC)c(N6CCOCC6)cc5c3O2)-c2ccccc2C4(C)C)cc1. The van der Waals surface area contributed by atoms with E-state index in [0.29, 0.717) is 13.2 Å². The minimum Gasteiger partial charge on any atom is -0.497 e. The van der Waals surface area contributed by atoms with Gasteiger partial charge in [-0.05, 0) is 70.1 Å². The molecule has 5 aromatic rings. The lowest BCUT2D eigenvalue weighted by Crippen LogP contribution is -2.36. The normalized spacial score (nSPS) is 17.0. The monoisotopic (exact) mass is 625 g/mol. The molecule has 8 rings (SSSR count). The third-order valence-corrected chi connectivity index (χ3v) is 10.2. The molecule has 1 aliphatic carbocycles. The highest BCUT2D eigenvalue weighted by molar-refractivity contribution is 6.10. The zero-order chi connectivity index (χ0) is 32.3. The summed E-state index contributed by atoms with van der Waals surface area (Å²) >= 11 is 0. The van der Waals surface area contributed by atoms with E-state index in [4.69, 9.17) is 23.7 Å². The summed E-state index contributed by atoms with van der Waals surface area (Å²) in [4.78, 5) is 2.36. The van der Waals surface area contributed by atoms with Crippen molar-refractivity contribution in [2.24, 2.45) is 0 Å². The van der Waals surface area contributed by atoms with Crippen LogP contribution in [0, 0.1) is 0 Å². The molecule has 0 N–H and O–H groups in total. The number of nitrogens with zero attached hydrogens (tertiary/aromatic N) is 1. The highest BCUT2D eigenvalue weighted by atomic mass is 16.5. The van der Waals surface area contributed by atoms with Crippen molar-refractivity contribution in [1.29, 1.82) is 0 Å². The zero-order valence-corrected chi connectivity index (χ0v) is 27.6. The first-order valence-electron chi connectivity index (χ1n) is 16.2. The van der Waals surface area contributed by atoms with E-state index >= 15 is 0 Å². The van der Waals surface area contributed by atoms with Crippen molar-refractivity contribution >= 4 is 22.5 Å². The van der Waals surface area contributed by atoms with E-state index in [9.17, 15) is 0 Å². The molecule has 0 spiro atoms. The van der Waals surface area contributed by atoms with Crippen molar-refractivity contribution in [1.82, 2.24) is 0 Å². The lowest BCUT2D eigenvalue weighted by molar-refractivity contribution is 0.122. The Bertz CT molecular complexity index is 1970. The van der Waals surface area contributed by atoms with Gasteiger partial charge in [-0.15, -0.1) is 0 Å². The number of hydrogen-bond acceptors (Lipinski definition) is 6. The molecule has 0 saturated carbocycles. The number of ether oxygens (including phenoxy) is 5. The van der Waals surface area contributed by atoms with Gasteiger partial charge >= 0.3 is 0 Å². The Kier molecular flexibility index (Phi) is 6.96. The Morgan fingerprint density at radius 2 is 1.36 bits per heavy atom. The van der Waals surface area contributed by atoms with E-state index in [-0.39, 0.29) is 5.41 Å². The van der Waals surface area contributed by atoms with E-state index < -0.39 is 5.60 Å². The fraction of sp³-hybridized carbons (Fsp3) is 0.268. The predicted octanol–water partition coefficient (Wildman–Crippen LogP) is 8.36. The maximum absolute atomic E-state index is 7.53. The first-order valence-corrected chi connectivity index (χ1v) is 16.2. The van der Waals surface area contributed by atoms with Crippen LogP contribution in [0.3, 0.4) is 0 Å². The summed E-state index contributed by atoms with van der Waals surface area (Å²) in [6.07, 6.45) is 4.51. The second-order valence-corrected chi connectivity index (χ2v) is 13.0.